The van der Waals surface area contributed by atoms with Gasteiger partial charge in [-0.1, -0.05) is 0 Å². The summed E-state index contributed by atoms with van der Waals surface area (Å²) in [5, 5.41) is 0. The number of nitrogens with zero attached hydrogens (tertiary/aromatic N) is 3. The molecule has 1 rings (SSSR count). The molecule has 0 saturated heterocycles. The van der Waals surface area contributed by atoms with Gasteiger partial charge in [0.15, 0.2) is 0 Å². The summed E-state index contributed by atoms with van der Waals surface area (Å²) in [5.74, 6) is 0. The van der Waals surface area contributed by atoms with Crippen LogP contribution in [0.5, 0.6) is 0 Å². The quantitative estimate of drug-likeness (QED) is 0.433. The Balaban J connectivity index is 3.05. The van der Waals surface area contributed by atoms with Gasteiger partial charge >= 0.3 is 16.4 Å². The molecule has 0 aromatic heterocycles. The maximum absolute atomic E-state index is 13.0. The van der Waals surface area contributed by atoms with Gasteiger partial charge in [0, 0.05) is 7.11 Å². The van der Waals surface area contributed by atoms with Gasteiger partial charge in [0.1, 0.15) is 0 Å². The number of rotatable bonds is 2. The van der Waals surface area contributed by atoms with E-state index in [0.717, 1.165) is 14.2 Å². The van der Waals surface area contributed by atoms with Gasteiger partial charge in [0.25, 0.3) is 8.45 Å². The van der Waals surface area contributed by atoms with Crippen molar-refractivity contribution in [2.75, 3.05) is 14.2 Å². The van der Waals surface area contributed by atoms with Crippen LogP contribution in [-0.4, -0.2) is 23.5 Å². The minimum absolute atomic E-state index is 0.0131. The fourth-order valence-corrected chi connectivity index (χ4v) is 5.61. The van der Waals surface area contributed by atoms with Gasteiger partial charge in [-0.2, -0.15) is 17.1 Å². The SMILES string of the molecule is CON1P(OC)N(F)P(F)N=P1(F)F. The lowest BCUT2D eigenvalue weighted by molar-refractivity contribution is 0.00201. The zero-order valence-corrected chi connectivity index (χ0v) is 9.69. The summed E-state index contributed by atoms with van der Waals surface area (Å²) < 4.78 is 57.9. The van der Waals surface area contributed by atoms with Crippen molar-refractivity contribution in [3.8, 4) is 0 Å². The van der Waals surface area contributed by atoms with Crippen LogP contribution >= 0.6 is 24.8 Å². The molecule has 1 heterocycles. The minimum atomic E-state index is -5.10. The third-order valence-electron chi connectivity index (χ3n) is 1.14. The molecule has 2 atom stereocenters. The van der Waals surface area contributed by atoms with Crippen LogP contribution in [0, 0.1) is 0 Å². The van der Waals surface area contributed by atoms with Crippen LogP contribution in [0.1, 0.15) is 0 Å². The second-order valence-electron chi connectivity index (χ2n) is 1.90. The first kappa shape index (κ1) is 12.7. The summed E-state index contributed by atoms with van der Waals surface area (Å²) in [6.45, 7) is 0. The van der Waals surface area contributed by atoms with Crippen molar-refractivity contribution >= 4 is 24.8 Å². The van der Waals surface area contributed by atoms with Gasteiger partial charge in [-0.15, -0.1) is 4.48 Å². The first-order valence-corrected chi connectivity index (χ1v) is 6.84. The van der Waals surface area contributed by atoms with E-state index in [0.29, 0.717) is 0 Å². The maximum atomic E-state index is 13.0. The molecule has 2 unspecified atom stereocenters. The van der Waals surface area contributed by atoms with Gasteiger partial charge in [-0.05, 0) is 9.27 Å². The molecule has 0 fully saturated rings. The zero-order chi connectivity index (χ0) is 10.9. The van der Waals surface area contributed by atoms with Gasteiger partial charge in [0.05, 0.1) is 7.11 Å². The molecular formula is C2H6F4N3O2P3. The summed E-state index contributed by atoms with van der Waals surface area (Å²) in [5.41, 5.74) is 0. The van der Waals surface area contributed by atoms with E-state index in [4.69, 9.17) is 0 Å². The standard InChI is InChI=1S/C2H6F4N3O2P3/c1-10-9-13(11-2)8(3)12(4)7-14(9,5)6/h1-2H3. The zero-order valence-electron chi connectivity index (χ0n) is 7.01. The average molecular weight is 273 g/mol. The van der Waals surface area contributed by atoms with Gasteiger partial charge < -0.3 is 4.52 Å². The smallest absolute Gasteiger partial charge is 0.331 e. The molecule has 14 heavy (non-hydrogen) atoms. The van der Waals surface area contributed by atoms with Crippen molar-refractivity contribution in [3.05, 3.63) is 0 Å². The van der Waals surface area contributed by atoms with Crippen molar-refractivity contribution in [2.24, 2.45) is 4.52 Å². The average Bonchev–Trinajstić information content (AvgIpc) is 2.09. The predicted molar refractivity (Wildman–Crippen MR) is 45.3 cm³/mol. The Hall–Kier alpha value is 0.650. The monoisotopic (exact) mass is 273 g/mol. The van der Waals surface area contributed by atoms with E-state index in [9.17, 15) is 17.1 Å². The van der Waals surface area contributed by atoms with Crippen LogP contribution < -0.4 is 0 Å². The van der Waals surface area contributed by atoms with E-state index in [1.807, 2.05) is 0 Å². The first-order valence-electron chi connectivity index (χ1n) is 3.06. The van der Waals surface area contributed by atoms with E-state index in [2.05, 4.69) is 13.9 Å². The van der Waals surface area contributed by atoms with E-state index < -0.39 is 29.5 Å². The highest BCUT2D eigenvalue weighted by Crippen LogP contribution is 2.80. The van der Waals surface area contributed by atoms with E-state index in [1.54, 1.807) is 0 Å². The molecule has 5 nitrogen and oxygen atoms in total. The van der Waals surface area contributed by atoms with Crippen molar-refractivity contribution in [1.82, 2.24) is 9.27 Å². The summed E-state index contributed by atoms with van der Waals surface area (Å²) >= 11 is 0. The van der Waals surface area contributed by atoms with Gasteiger partial charge in [-0.3, -0.25) is 4.84 Å². The Labute approximate surface area is 80.1 Å². The van der Waals surface area contributed by atoms with Crippen LogP contribution in [0.3, 0.4) is 0 Å². The largest absolute Gasteiger partial charge is 0.403 e. The Morgan fingerprint density at radius 2 is 1.93 bits per heavy atom. The predicted octanol–water partition coefficient (Wildman–Crippen LogP) is 4.00. The fraction of sp³-hybridized carbons (Fsp3) is 1.00. The molecule has 1 aliphatic rings. The Kier molecular flexibility index (Phi) is 4.23. The summed E-state index contributed by atoms with van der Waals surface area (Å²) in [6, 6.07) is 0. The lowest BCUT2D eigenvalue weighted by atomic mass is 11.7. The Morgan fingerprint density at radius 3 is 2.36 bits per heavy atom. The highest BCUT2D eigenvalue weighted by Gasteiger charge is 2.50. The lowest BCUT2D eigenvalue weighted by Gasteiger charge is -2.33. The van der Waals surface area contributed by atoms with Gasteiger partial charge in [0.2, 0.25) is 0 Å². The molecule has 0 aromatic carbocycles. The van der Waals surface area contributed by atoms with Crippen molar-refractivity contribution in [3.63, 3.8) is 0 Å². The number of hydrogen-bond donors (Lipinski definition) is 0. The summed E-state index contributed by atoms with van der Waals surface area (Å²) in [6.07, 6.45) is 0. The van der Waals surface area contributed by atoms with E-state index in [-0.39, 0.29) is 4.60 Å². The molecule has 0 aromatic rings. The van der Waals surface area contributed by atoms with Crippen molar-refractivity contribution < 1.29 is 26.4 Å². The van der Waals surface area contributed by atoms with E-state index >= 15 is 0 Å². The third kappa shape index (κ3) is 2.25. The first-order chi connectivity index (χ1) is 6.44. The summed E-state index contributed by atoms with van der Waals surface area (Å²) in [4.78, 5) is 4.23. The van der Waals surface area contributed by atoms with Crippen LogP contribution in [0.25, 0.3) is 0 Å². The molecule has 84 valence electrons. The lowest BCUT2D eigenvalue weighted by Crippen LogP contribution is -2.19. The second kappa shape index (κ2) is 4.66. The van der Waals surface area contributed by atoms with Crippen LogP contribution in [-0.2, 0) is 9.36 Å². The maximum Gasteiger partial charge on any atom is 0.403 e. The molecule has 1 aliphatic heterocycles. The van der Waals surface area contributed by atoms with Crippen molar-refractivity contribution in [2.45, 2.75) is 0 Å². The molecule has 0 spiro atoms. The molecule has 0 N–H and O–H groups in total. The summed E-state index contributed by atoms with van der Waals surface area (Å²) in [7, 11) is -9.13. The highest BCUT2D eigenvalue weighted by molar-refractivity contribution is 7.77. The normalized spacial score (nSPS) is 34.1. The Morgan fingerprint density at radius 1 is 1.36 bits per heavy atom. The molecule has 0 amide bonds. The van der Waals surface area contributed by atoms with Gasteiger partial charge in [-0.25, -0.2) is 0 Å². The molecule has 0 aliphatic carbocycles. The van der Waals surface area contributed by atoms with E-state index in [1.165, 1.54) is 0 Å². The van der Waals surface area contributed by atoms with Crippen LogP contribution in [0.2, 0.25) is 0 Å². The molecule has 12 heteroatoms. The van der Waals surface area contributed by atoms with Crippen LogP contribution in [0.15, 0.2) is 4.52 Å². The topological polar surface area (TPSA) is 37.3 Å². The molecular weight excluding hydrogens is 267 g/mol. The van der Waals surface area contributed by atoms with Crippen molar-refractivity contribution in [1.29, 1.82) is 0 Å². The highest BCUT2D eigenvalue weighted by atomic mass is 31.3. The number of hydrogen-bond acceptors (Lipinski definition) is 5. The minimum Gasteiger partial charge on any atom is -0.331 e. The second-order valence-corrected chi connectivity index (χ2v) is 6.94. The van der Waals surface area contributed by atoms with Crippen LogP contribution in [0.4, 0.5) is 17.1 Å². The molecule has 0 saturated carbocycles. The number of halogens is 4. The molecule has 0 bridgehead atoms. The fourth-order valence-electron chi connectivity index (χ4n) is 0.680. The Bertz CT molecular complexity index is 262. The molecule has 0 radical (unpaired) electrons. The third-order valence-corrected chi connectivity index (χ3v) is 6.51.